The Bertz CT molecular complexity index is 1200. The number of likely N-dealkylation sites (tertiary alicyclic amines) is 1. The van der Waals surface area contributed by atoms with Gasteiger partial charge in [0.15, 0.2) is 0 Å². The number of aliphatic hydroxyl groups excluding tert-OH is 1. The van der Waals surface area contributed by atoms with E-state index in [0.717, 1.165) is 5.69 Å². The summed E-state index contributed by atoms with van der Waals surface area (Å²) in [5.41, 5.74) is 1.89. The molecule has 162 valence electrons. The Morgan fingerprint density at radius 2 is 2.09 bits per heavy atom. The molecule has 2 aliphatic rings. The normalized spacial score (nSPS) is 19.7. The summed E-state index contributed by atoms with van der Waals surface area (Å²) >= 11 is 0. The van der Waals surface area contributed by atoms with E-state index >= 15 is 0 Å². The summed E-state index contributed by atoms with van der Waals surface area (Å²) in [7, 11) is 1.93. The second-order valence-electron chi connectivity index (χ2n) is 7.75. The van der Waals surface area contributed by atoms with Crippen molar-refractivity contribution in [2.75, 3.05) is 25.1 Å². The van der Waals surface area contributed by atoms with Gasteiger partial charge < -0.3 is 24.1 Å². The van der Waals surface area contributed by atoms with Gasteiger partial charge in [-0.15, -0.1) is 0 Å². The van der Waals surface area contributed by atoms with Crippen molar-refractivity contribution < 1.29 is 23.8 Å². The second kappa shape index (κ2) is 7.88. The van der Waals surface area contributed by atoms with Gasteiger partial charge in [0.05, 0.1) is 36.7 Å². The van der Waals surface area contributed by atoms with E-state index in [-0.39, 0.29) is 17.9 Å². The molecule has 1 atom stereocenters. The number of nitrogens with zero attached hydrogens (tertiary/aromatic N) is 3. The largest absolute Gasteiger partial charge is 0.507 e. The first kappa shape index (κ1) is 19.9. The molecule has 1 amide bonds. The summed E-state index contributed by atoms with van der Waals surface area (Å²) in [6.07, 6.45) is 4.71. The minimum Gasteiger partial charge on any atom is -0.507 e. The molecule has 4 heterocycles. The summed E-state index contributed by atoms with van der Waals surface area (Å²) in [4.78, 5) is 33.7. The Morgan fingerprint density at radius 1 is 1.22 bits per heavy atom. The van der Waals surface area contributed by atoms with Crippen molar-refractivity contribution in [2.45, 2.75) is 12.6 Å². The fourth-order valence-electron chi connectivity index (χ4n) is 4.15. The smallest absolute Gasteiger partial charge is 0.296 e. The van der Waals surface area contributed by atoms with Crippen LogP contribution in [0.15, 0.2) is 71.1 Å². The topological polar surface area (TPSA) is 96.1 Å². The van der Waals surface area contributed by atoms with Gasteiger partial charge in [-0.3, -0.25) is 14.6 Å². The van der Waals surface area contributed by atoms with Gasteiger partial charge in [0, 0.05) is 25.0 Å². The van der Waals surface area contributed by atoms with Crippen LogP contribution in [0.3, 0.4) is 0 Å². The molecule has 8 nitrogen and oxygen atoms in total. The van der Waals surface area contributed by atoms with Gasteiger partial charge >= 0.3 is 0 Å². The number of carbonyl (C=O) groups is 2. The van der Waals surface area contributed by atoms with Gasteiger partial charge in [0.2, 0.25) is 0 Å². The lowest BCUT2D eigenvalue weighted by Crippen LogP contribution is -2.29. The molecule has 0 radical (unpaired) electrons. The molecule has 0 bridgehead atoms. The number of aliphatic hydroxyl groups is 1. The molecule has 1 fully saturated rings. The van der Waals surface area contributed by atoms with Crippen molar-refractivity contribution in [3.8, 4) is 5.75 Å². The summed E-state index contributed by atoms with van der Waals surface area (Å²) in [6.45, 7) is 1.38. The van der Waals surface area contributed by atoms with Crippen LogP contribution in [0.25, 0.3) is 5.76 Å². The second-order valence-corrected chi connectivity index (χ2v) is 7.75. The highest BCUT2D eigenvalue weighted by Gasteiger charge is 2.46. The number of hydrogen-bond acceptors (Lipinski definition) is 7. The fourth-order valence-corrected chi connectivity index (χ4v) is 4.15. The SMILES string of the molecule is CN1CCOc2ccc(/C(O)=C3/C(=O)C(=O)N(Cc4ccco4)C3c3cccnc3)cc21. The highest BCUT2D eigenvalue weighted by Crippen LogP contribution is 2.41. The van der Waals surface area contributed by atoms with Crippen LogP contribution in [0.2, 0.25) is 0 Å². The molecule has 0 spiro atoms. The molecule has 1 saturated heterocycles. The molecule has 0 aliphatic carbocycles. The van der Waals surface area contributed by atoms with E-state index < -0.39 is 17.7 Å². The minimum atomic E-state index is -0.793. The number of anilines is 1. The van der Waals surface area contributed by atoms with Gasteiger partial charge in [-0.25, -0.2) is 0 Å². The van der Waals surface area contributed by atoms with Crippen LogP contribution in [-0.2, 0) is 16.1 Å². The minimum absolute atomic E-state index is 0.0221. The fraction of sp³-hybridized carbons (Fsp3) is 0.208. The van der Waals surface area contributed by atoms with Gasteiger partial charge in [0.25, 0.3) is 11.7 Å². The maximum Gasteiger partial charge on any atom is 0.296 e. The zero-order valence-corrected chi connectivity index (χ0v) is 17.4. The van der Waals surface area contributed by atoms with Gasteiger partial charge in [0.1, 0.15) is 23.9 Å². The van der Waals surface area contributed by atoms with Crippen LogP contribution in [-0.4, -0.2) is 46.9 Å². The Labute approximate surface area is 184 Å². The summed E-state index contributed by atoms with van der Waals surface area (Å²) in [6, 6.07) is 11.4. The van der Waals surface area contributed by atoms with Crippen molar-refractivity contribution >= 4 is 23.1 Å². The average molecular weight is 431 g/mol. The molecule has 0 saturated carbocycles. The predicted octanol–water partition coefficient (Wildman–Crippen LogP) is 3.13. The average Bonchev–Trinajstić information content (AvgIpc) is 3.42. The lowest BCUT2D eigenvalue weighted by molar-refractivity contribution is -0.140. The van der Waals surface area contributed by atoms with E-state index in [2.05, 4.69) is 4.98 Å². The number of likely N-dealkylation sites (N-methyl/N-ethyl adjacent to an activating group) is 1. The number of fused-ring (bicyclic) bond motifs is 1. The van der Waals surface area contributed by atoms with E-state index in [1.165, 1.54) is 11.2 Å². The molecule has 2 aromatic heterocycles. The first-order valence-electron chi connectivity index (χ1n) is 10.2. The highest BCUT2D eigenvalue weighted by molar-refractivity contribution is 6.46. The zero-order chi connectivity index (χ0) is 22.2. The number of pyridine rings is 1. The molecule has 1 aromatic carbocycles. The first-order valence-corrected chi connectivity index (χ1v) is 10.2. The Hall–Kier alpha value is -4.07. The molecule has 5 rings (SSSR count). The number of rotatable bonds is 4. The summed E-state index contributed by atoms with van der Waals surface area (Å²) in [5.74, 6) is -0.438. The number of aromatic nitrogens is 1. The molecule has 3 aromatic rings. The van der Waals surface area contributed by atoms with E-state index in [1.807, 2.05) is 11.9 Å². The molecular formula is C24H21N3O5. The van der Waals surface area contributed by atoms with Crippen molar-refractivity contribution in [1.82, 2.24) is 9.88 Å². The van der Waals surface area contributed by atoms with Crippen LogP contribution in [0, 0.1) is 0 Å². The molecule has 2 aliphatic heterocycles. The van der Waals surface area contributed by atoms with Crippen molar-refractivity contribution in [1.29, 1.82) is 0 Å². The van der Waals surface area contributed by atoms with Crippen molar-refractivity contribution in [3.63, 3.8) is 0 Å². The summed E-state index contributed by atoms with van der Waals surface area (Å²) < 4.78 is 11.1. The number of carbonyl (C=O) groups excluding carboxylic acids is 2. The van der Waals surface area contributed by atoms with Gasteiger partial charge in [-0.05, 0) is 42.0 Å². The highest BCUT2D eigenvalue weighted by atomic mass is 16.5. The quantitative estimate of drug-likeness (QED) is 0.385. The first-order chi connectivity index (χ1) is 15.5. The van der Waals surface area contributed by atoms with Crippen LogP contribution in [0.4, 0.5) is 5.69 Å². The Kier molecular flexibility index (Phi) is 4.89. The predicted molar refractivity (Wildman–Crippen MR) is 116 cm³/mol. The van der Waals surface area contributed by atoms with Crippen LogP contribution >= 0.6 is 0 Å². The third-order valence-electron chi connectivity index (χ3n) is 5.77. The number of benzene rings is 1. The number of ketones is 1. The Balaban J connectivity index is 1.63. The monoisotopic (exact) mass is 431 g/mol. The zero-order valence-electron chi connectivity index (χ0n) is 17.4. The van der Waals surface area contributed by atoms with Crippen LogP contribution < -0.4 is 9.64 Å². The van der Waals surface area contributed by atoms with E-state index in [9.17, 15) is 14.7 Å². The lowest BCUT2D eigenvalue weighted by atomic mass is 9.96. The number of Topliss-reactive ketones (excluding diaryl/α,β-unsaturated/α-hetero) is 1. The summed E-state index contributed by atoms with van der Waals surface area (Å²) in [5, 5.41) is 11.2. The third-order valence-corrected chi connectivity index (χ3v) is 5.77. The van der Waals surface area contributed by atoms with Crippen LogP contribution in [0.1, 0.15) is 22.9 Å². The number of ether oxygens (including phenoxy) is 1. The van der Waals surface area contributed by atoms with E-state index in [1.54, 1.807) is 54.9 Å². The van der Waals surface area contributed by atoms with Crippen LogP contribution in [0.5, 0.6) is 5.75 Å². The van der Waals surface area contributed by atoms with Gasteiger partial charge in [-0.2, -0.15) is 0 Å². The van der Waals surface area contributed by atoms with Crippen molar-refractivity contribution in [3.05, 3.63) is 83.6 Å². The molecular weight excluding hydrogens is 410 g/mol. The van der Waals surface area contributed by atoms with Gasteiger partial charge in [-0.1, -0.05) is 6.07 Å². The Morgan fingerprint density at radius 3 is 2.84 bits per heavy atom. The van der Waals surface area contributed by atoms with E-state index in [4.69, 9.17) is 9.15 Å². The maximum atomic E-state index is 13.1. The molecule has 8 heteroatoms. The number of furan rings is 1. The molecule has 1 N–H and O–H groups in total. The lowest BCUT2D eigenvalue weighted by Gasteiger charge is -2.28. The molecule has 32 heavy (non-hydrogen) atoms. The maximum absolute atomic E-state index is 13.1. The molecule has 1 unspecified atom stereocenters. The number of hydrogen-bond donors (Lipinski definition) is 1. The van der Waals surface area contributed by atoms with E-state index in [0.29, 0.717) is 35.8 Å². The number of amides is 1. The van der Waals surface area contributed by atoms with Crippen molar-refractivity contribution in [2.24, 2.45) is 0 Å². The standard InChI is InChI=1S/C24H21N3O5/c1-26-9-11-32-19-7-6-15(12-18(19)26)22(28)20-21(16-4-2-8-25-13-16)27(24(30)23(20)29)14-17-5-3-10-31-17/h2-8,10,12-13,21,28H,9,11,14H2,1H3/b22-20-. The third kappa shape index (κ3) is 3.30.